The normalized spacial score (nSPS) is 12.3. The first-order valence-electron chi connectivity index (χ1n) is 10.6. The fraction of sp³-hybridized carbons (Fsp3) is 0.0400. The Balaban J connectivity index is 1.86. The zero-order valence-electron chi connectivity index (χ0n) is 18.5. The molecule has 2 heterocycles. The van der Waals surface area contributed by atoms with Crippen LogP contribution >= 0.6 is 27.5 Å². The third-order valence-electron chi connectivity index (χ3n) is 5.61. The van der Waals surface area contributed by atoms with Gasteiger partial charge in [-0.2, -0.15) is 18.3 Å². The lowest BCUT2D eigenvalue weighted by Gasteiger charge is -2.12. The van der Waals surface area contributed by atoms with Crippen LogP contribution < -0.4 is 5.14 Å². The zero-order valence-corrected chi connectivity index (χ0v) is 21.7. The third kappa shape index (κ3) is 4.99. The van der Waals surface area contributed by atoms with E-state index in [1.807, 2.05) is 0 Å². The molecule has 2 aromatic heterocycles. The van der Waals surface area contributed by atoms with Crippen LogP contribution in [0.15, 0.2) is 88.2 Å². The largest absolute Gasteiger partial charge is 0.417 e. The molecule has 3 aromatic carbocycles. The van der Waals surface area contributed by atoms with E-state index in [0.717, 1.165) is 10.5 Å². The van der Waals surface area contributed by atoms with Gasteiger partial charge in [0, 0.05) is 20.6 Å². The van der Waals surface area contributed by atoms with Gasteiger partial charge in [0.2, 0.25) is 10.0 Å². The minimum atomic E-state index is -4.72. The molecular weight excluding hydrogens is 593 g/mol. The number of pyridine rings is 1. The van der Waals surface area contributed by atoms with E-state index in [0.29, 0.717) is 21.8 Å². The van der Waals surface area contributed by atoms with Gasteiger partial charge in [0.15, 0.2) is 5.65 Å². The Bertz CT molecular complexity index is 1740. The maximum absolute atomic E-state index is 14.5. The van der Waals surface area contributed by atoms with Gasteiger partial charge in [-0.05, 0) is 54.6 Å². The molecule has 0 spiro atoms. The summed E-state index contributed by atoms with van der Waals surface area (Å²) in [6, 6.07) is 19.3. The maximum Gasteiger partial charge on any atom is 0.417 e. The van der Waals surface area contributed by atoms with Crippen LogP contribution in [0.5, 0.6) is 0 Å². The Morgan fingerprint density at radius 2 is 1.49 bits per heavy atom. The molecule has 5 rings (SSSR count). The van der Waals surface area contributed by atoms with Crippen LogP contribution in [-0.4, -0.2) is 23.2 Å². The van der Waals surface area contributed by atoms with Crippen molar-refractivity contribution in [3.63, 3.8) is 0 Å². The Labute approximate surface area is 222 Å². The molecule has 0 aliphatic carbocycles. The molecule has 12 heteroatoms. The second-order valence-corrected chi connectivity index (χ2v) is 11.0. The quantitative estimate of drug-likeness (QED) is 0.242. The van der Waals surface area contributed by atoms with Gasteiger partial charge in [-0.3, -0.25) is 0 Å². The summed E-state index contributed by atoms with van der Waals surface area (Å²) in [5.41, 5.74) is 0.348. The van der Waals surface area contributed by atoms with E-state index in [1.54, 1.807) is 48.5 Å². The van der Waals surface area contributed by atoms with Gasteiger partial charge in [-0.1, -0.05) is 51.8 Å². The van der Waals surface area contributed by atoms with Gasteiger partial charge < -0.3 is 0 Å². The van der Waals surface area contributed by atoms with Crippen molar-refractivity contribution in [2.75, 3.05) is 0 Å². The Hall–Kier alpha value is -3.25. The van der Waals surface area contributed by atoms with E-state index < -0.39 is 21.8 Å². The van der Waals surface area contributed by atoms with Crippen molar-refractivity contribution in [3.05, 3.63) is 93.9 Å². The number of aromatic nitrogens is 3. The predicted octanol–water partition coefficient (Wildman–Crippen LogP) is 6.84. The van der Waals surface area contributed by atoms with Crippen LogP contribution in [0.3, 0.4) is 0 Å². The maximum atomic E-state index is 14.5. The molecule has 0 bridgehead atoms. The van der Waals surface area contributed by atoms with Gasteiger partial charge in [0.1, 0.15) is 5.69 Å². The SMILES string of the molecule is NS(=O)(=O)c1ccc(-n2nc(-c3ccc(Cl)cc3)c3c(C(F)(F)F)cc(-c4ccc(Br)cc4)nc32)cc1. The molecule has 0 unspecified atom stereocenters. The first kappa shape index (κ1) is 25.4. The van der Waals surface area contributed by atoms with Crippen molar-refractivity contribution in [2.45, 2.75) is 11.1 Å². The molecule has 0 fully saturated rings. The summed E-state index contributed by atoms with van der Waals surface area (Å²) in [6.07, 6.45) is -4.72. The highest BCUT2D eigenvalue weighted by atomic mass is 79.9. The molecular formula is C25H15BrClF3N4O2S. The topological polar surface area (TPSA) is 90.9 Å². The second kappa shape index (κ2) is 9.25. The Kier molecular flexibility index (Phi) is 6.35. The molecule has 0 saturated carbocycles. The highest BCUT2D eigenvalue weighted by Gasteiger charge is 2.36. The summed E-state index contributed by atoms with van der Waals surface area (Å²) >= 11 is 9.32. The standard InChI is InChI=1S/C25H15BrClF3N4O2S/c26-16-5-1-14(2-6-16)21-13-20(25(28,29)30)22-23(15-3-7-17(27)8-4-15)33-34(24(22)32-21)18-9-11-19(12-10-18)37(31,35)36/h1-13H,(H2,31,35,36). The monoisotopic (exact) mass is 606 g/mol. The predicted molar refractivity (Wildman–Crippen MR) is 139 cm³/mol. The molecule has 0 aliphatic rings. The number of primary sulfonamides is 1. The molecule has 5 aromatic rings. The number of rotatable bonds is 4. The van der Waals surface area contributed by atoms with Crippen LogP contribution in [0.2, 0.25) is 5.02 Å². The molecule has 0 amide bonds. The number of fused-ring (bicyclic) bond motifs is 1. The first-order chi connectivity index (χ1) is 17.4. The number of nitrogens with two attached hydrogens (primary N) is 1. The smallest absolute Gasteiger partial charge is 0.228 e. The summed E-state index contributed by atoms with van der Waals surface area (Å²) in [4.78, 5) is 4.43. The number of hydrogen-bond acceptors (Lipinski definition) is 4. The van der Waals surface area contributed by atoms with E-state index in [4.69, 9.17) is 16.7 Å². The van der Waals surface area contributed by atoms with Gasteiger partial charge in [-0.15, -0.1) is 0 Å². The summed E-state index contributed by atoms with van der Waals surface area (Å²) in [6.45, 7) is 0. The summed E-state index contributed by atoms with van der Waals surface area (Å²) < 4.78 is 68.8. The Morgan fingerprint density at radius 3 is 2.05 bits per heavy atom. The number of halogens is 5. The molecule has 2 N–H and O–H groups in total. The number of alkyl halides is 3. The van der Waals surface area contributed by atoms with Gasteiger partial charge >= 0.3 is 6.18 Å². The lowest BCUT2D eigenvalue weighted by atomic mass is 10.0. The molecule has 0 aliphatic heterocycles. The van der Waals surface area contributed by atoms with Crippen LogP contribution in [0.4, 0.5) is 13.2 Å². The van der Waals surface area contributed by atoms with Crippen molar-refractivity contribution in [1.82, 2.24) is 14.8 Å². The van der Waals surface area contributed by atoms with Crippen LogP contribution in [0.25, 0.3) is 39.2 Å². The summed E-state index contributed by atoms with van der Waals surface area (Å²) in [5, 5.41) is 9.90. The van der Waals surface area contributed by atoms with Crippen LogP contribution in [0.1, 0.15) is 5.56 Å². The number of sulfonamides is 1. The Morgan fingerprint density at radius 1 is 0.892 bits per heavy atom. The number of nitrogens with zero attached hydrogens (tertiary/aromatic N) is 3. The van der Waals surface area contributed by atoms with E-state index >= 15 is 0 Å². The fourth-order valence-corrected chi connectivity index (χ4v) is 4.78. The van der Waals surface area contributed by atoms with Gasteiger partial charge in [-0.25, -0.2) is 23.2 Å². The highest BCUT2D eigenvalue weighted by Crippen LogP contribution is 2.41. The minimum absolute atomic E-state index is 0.0457. The molecule has 188 valence electrons. The zero-order chi connectivity index (χ0) is 26.5. The average Bonchev–Trinajstić information content (AvgIpc) is 3.23. The third-order valence-corrected chi connectivity index (χ3v) is 7.32. The number of benzene rings is 3. The molecule has 37 heavy (non-hydrogen) atoms. The van der Waals surface area contributed by atoms with Crippen molar-refractivity contribution in [1.29, 1.82) is 0 Å². The van der Waals surface area contributed by atoms with E-state index in [-0.39, 0.29) is 27.3 Å². The number of hydrogen-bond donors (Lipinski definition) is 1. The van der Waals surface area contributed by atoms with Crippen molar-refractivity contribution < 1.29 is 21.6 Å². The lowest BCUT2D eigenvalue weighted by molar-refractivity contribution is -0.136. The van der Waals surface area contributed by atoms with Crippen LogP contribution in [0, 0.1) is 0 Å². The van der Waals surface area contributed by atoms with E-state index in [2.05, 4.69) is 26.0 Å². The second-order valence-electron chi connectivity index (χ2n) is 8.06. The molecule has 0 radical (unpaired) electrons. The van der Waals surface area contributed by atoms with Crippen molar-refractivity contribution in [3.8, 4) is 28.2 Å². The molecule has 0 atom stereocenters. The highest BCUT2D eigenvalue weighted by molar-refractivity contribution is 9.10. The average molecular weight is 608 g/mol. The van der Waals surface area contributed by atoms with Crippen LogP contribution in [-0.2, 0) is 16.2 Å². The van der Waals surface area contributed by atoms with Gasteiger partial charge in [0.25, 0.3) is 0 Å². The molecule has 0 saturated heterocycles. The molecule has 6 nitrogen and oxygen atoms in total. The van der Waals surface area contributed by atoms with Gasteiger partial charge in [0.05, 0.1) is 27.2 Å². The van der Waals surface area contributed by atoms with Crippen molar-refractivity contribution >= 4 is 48.6 Å². The minimum Gasteiger partial charge on any atom is -0.228 e. The van der Waals surface area contributed by atoms with Crippen molar-refractivity contribution in [2.24, 2.45) is 5.14 Å². The lowest BCUT2D eigenvalue weighted by Crippen LogP contribution is -2.12. The van der Waals surface area contributed by atoms with E-state index in [1.165, 1.54) is 28.9 Å². The summed E-state index contributed by atoms with van der Waals surface area (Å²) in [7, 11) is -3.97. The van der Waals surface area contributed by atoms with E-state index in [9.17, 15) is 21.6 Å². The first-order valence-corrected chi connectivity index (χ1v) is 13.3. The fourth-order valence-electron chi connectivity index (χ4n) is 3.87. The summed E-state index contributed by atoms with van der Waals surface area (Å²) in [5.74, 6) is 0.